The molecule has 1 N–H and O–H groups in total. The second kappa shape index (κ2) is 10.2. The molecule has 3 aromatic rings. The van der Waals surface area contributed by atoms with Crippen LogP contribution < -0.4 is 14.8 Å². The fourth-order valence-corrected chi connectivity index (χ4v) is 3.61. The summed E-state index contributed by atoms with van der Waals surface area (Å²) in [5.41, 5.74) is 4.31. The second-order valence-corrected chi connectivity index (χ2v) is 7.97. The van der Waals surface area contributed by atoms with E-state index in [1.165, 1.54) is 11.1 Å². The van der Waals surface area contributed by atoms with Crippen LogP contribution >= 0.6 is 34.8 Å². The molecule has 0 atom stereocenters. The molecule has 0 bridgehead atoms. The van der Waals surface area contributed by atoms with E-state index in [1.807, 2.05) is 18.2 Å². The van der Waals surface area contributed by atoms with Crippen molar-refractivity contribution in [1.29, 1.82) is 0 Å². The van der Waals surface area contributed by atoms with Crippen molar-refractivity contribution in [1.82, 2.24) is 5.32 Å². The summed E-state index contributed by atoms with van der Waals surface area (Å²) in [6.45, 7) is 3.77. The van der Waals surface area contributed by atoms with Gasteiger partial charge >= 0.3 is 0 Å². The van der Waals surface area contributed by atoms with Crippen LogP contribution in [0.15, 0.2) is 54.6 Å². The third-order valence-electron chi connectivity index (χ3n) is 4.46. The van der Waals surface area contributed by atoms with Crippen LogP contribution in [0.5, 0.6) is 11.5 Å². The van der Waals surface area contributed by atoms with E-state index >= 15 is 0 Å². The number of rotatable bonds is 8. The van der Waals surface area contributed by atoms with Crippen molar-refractivity contribution in [2.45, 2.75) is 26.6 Å². The molecule has 0 unspecified atom stereocenters. The van der Waals surface area contributed by atoms with E-state index in [9.17, 15) is 0 Å². The van der Waals surface area contributed by atoms with Crippen LogP contribution in [0.25, 0.3) is 0 Å². The van der Waals surface area contributed by atoms with E-state index in [4.69, 9.17) is 44.3 Å². The lowest BCUT2D eigenvalue weighted by Crippen LogP contribution is -2.13. The van der Waals surface area contributed by atoms with Crippen molar-refractivity contribution in [2.75, 3.05) is 7.11 Å². The lowest BCUT2D eigenvalue weighted by molar-refractivity contribution is 0.284. The fourth-order valence-electron chi connectivity index (χ4n) is 2.86. The van der Waals surface area contributed by atoms with Crippen LogP contribution in [0.1, 0.15) is 22.3 Å². The quantitative estimate of drug-likeness (QED) is 0.408. The van der Waals surface area contributed by atoms with Gasteiger partial charge in [-0.15, -0.1) is 0 Å². The molecular weight excluding hydrogens is 429 g/mol. The maximum Gasteiger partial charge on any atom is 0.180 e. The third kappa shape index (κ3) is 6.03. The van der Waals surface area contributed by atoms with E-state index in [0.717, 1.165) is 17.7 Å². The van der Waals surface area contributed by atoms with Gasteiger partial charge in [0.1, 0.15) is 6.61 Å². The van der Waals surface area contributed by atoms with Crippen LogP contribution in [0.2, 0.25) is 15.1 Å². The molecule has 29 heavy (non-hydrogen) atoms. The van der Waals surface area contributed by atoms with Gasteiger partial charge in [-0.2, -0.15) is 0 Å². The van der Waals surface area contributed by atoms with Gasteiger partial charge in [0.05, 0.1) is 12.1 Å². The Balaban J connectivity index is 1.65. The Kier molecular flexibility index (Phi) is 7.68. The van der Waals surface area contributed by atoms with E-state index in [-0.39, 0.29) is 6.61 Å². The zero-order valence-electron chi connectivity index (χ0n) is 16.3. The van der Waals surface area contributed by atoms with Gasteiger partial charge in [-0.3, -0.25) is 0 Å². The third-order valence-corrected chi connectivity index (χ3v) is 5.32. The number of aryl methyl sites for hydroxylation is 1. The van der Waals surface area contributed by atoms with E-state index in [0.29, 0.717) is 33.1 Å². The molecule has 3 aromatic carbocycles. The number of methoxy groups -OCH3 is 1. The summed E-state index contributed by atoms with van der Waals surface area (Å²) >= 11 is 18.6. The summed E-state index contributed by atoms with van der Waals surface area (Å²) in [4.78, 5) is 0. The van der Waals surface area contributed by atoms with Crippen molar-refractivity contribution in [3.63, 3.8) is 0 Å². The molecule has 0 fully saturated rings. The molecule has 0 spiro atoms. The van der Waals surface area contributed by atoms with Gasteiger partial charge in [0.15, 0.2) is 11.5 Å². The van der Waals surface area contributed by atoms with E-state index in [1.54, 1.807) is 19.2 Å². The average Bonchev–Trinajstić information content (AvgIpc) is 2.69. The van der Waals surface area contributed by atoms with Crippen molar-refractivity contribution in [3.05, 3.63) is 91.9 Å². The molecule has 3 nitrogen and oxygen atoms in total. The van der Waals surface area contributed by atoms with Crippen LogP contribution in [0, 0.1) is 6.92 Å². The van der Waals surface area contributed by atoms with Gasteiger partial charge in [-0.05, 0) is 42.3 Å². The number of hydrogen-bond donors (Lipinski definition) is 1. The summed E-state index contributed by atoms with van der Waals surface area (Å²) in [5.74, 6) is 1.07. The molecule has 0 aliphatic rings. The number of ether oxygens (including phenoxy) is 2. The smallest absolute Gasteiger partial charge is 0.180 e. The van der Waals surface area contributed by atoms with Gasteiger partial charge in [-0.25, -0.2) is 0 Å². The highest BCUT2D eigenvalue weighted by Gasteiger charge is 2.13. The lowest BCUT2D eigenvalue weighted by Gasteiger charge is -2.15. The summed E-state index contributed by atoms with van der Waals surface area (Å²) in [6, 6.07) is 17.5. The highest BCUT2D eigenvalue weighted by Crippen LogP contribution is 2.37. The summed E-state index contributed by atoms with van der Waals surface area (Å²) < 4.78 is 11.4. The fraction of sp³-hybridized carbons (Fsp3) is 0.217. The van der Waals surface area contributed by atoms with Crippen LogP contribution in [-0.2, 0) is 19.7 Å². The molecule has 0 saturated heterocycles. The molecule has 0 aromatic heterocycles. The Bertz CT molecular complexity index is 975. The van der Waals surface area contributed by atoms with Gasteiger partial charge in [-0.1, -0.05) is 70.7 Å². The standard InChI is InChI=1S/C23H22Cl3NO2/c1-15-3-5-16(6-4-15)12-27-13-17-9-21(26)23(22(10-17)28-2)29-14-18-7-8-19(24)11-20(18)25/h3-11,27H,12-14H2,1-2H3. The Morgan fingerprint density at radius 3 is 2.24 bits per heavy atom. The Morgan fingerprint density at radius 1 is 0.828 bits per heavy atom. The van der Waals surface area contributed by atoms with Gasteiger partial charge in [0, 0.05) is 28.7 Å². The van der Waals surface area contributed by atoms with Gasteiger partial charge in [0.25, 0.3) is 0 Å². The molecular formula is C23H22Cl3NO2. The summed E-state index contributed by atoms with van der Waals surface area (Å²) in [7, 11) is 1.59. The topological polar surface area (TPSA) is 30.5 Å². The Morgan fingerprint density at radius 2 is 1.55 bits per heavy atom. The first-order chi connectivity index (χ1) is 14.0. The van der Waals surface area contributed by atoms with Crippen LogP contribution in [0.4, 0.5) is 0 Å². The van der Waals surface area contributed by atoms with Crippen molar-refractivity contribution < 1.29 is 9.47 Å². The molecule has 0 amide bonds. The van der Waals surface area contributed by atoms with Crippen LogP contribution in [-0.4, -0.2) is 7.11 Å². The van der Waals surface area contributed by atoms with Gasteiger partial charge in [0.2, 0.25) is 0 Å². The van der Waals surface area contributed by atoms with Crippen LogP contribution in [0.3, 0.4) is 0 Å². The van der Waals surface area contributed by atoms with E-state index < -0.39 is 0 Å². The summed E-state index contributed by atoms with van der Waals surface area (Å²) in [5, 5.41) is 5.03. The predicted octanol–water partition coefficient (Wildman–Crippen LogP) is 6.83. The maximum absolute atomic E-state index is 6.47. The lowest BCUT2D eigenvalue weighted by atomic mass is 10.1. The molecule has 0 heterocycles. The maximum atomic E-state index is 6.47. The second-order valence-electron chi connectivity index (χ2n) is 6.72. The first-order valence-electron chi connectivity index (χ1n) is 9.15. The van der Waals surface area contributed by atoms with E-state index in [2.05, 4.69) is 36.5 Å². The number of nitrogens with one attached hydrogen (secondary N) is 1. The average molecular weight is 451 g/mol. The van der Waals surface area contributed by atoms with Gasteiger partial charge < -0.3 is 14.8 Å². The Hall–Kier alpha value is -1.91. The molecule has 6 heteroatoms. The predicted molar refractivity (Wildman–Crippen MR) is 121 cm³/mol. The zero-order valence-corrected chi connectivity index (χ0v) is 18.5. The largest absolute Gasteiger partial charge is 0.493 e. The molecule has 0 radical (unpaired) electrons. The zero-order chi connectivity index (χ0) is 20.8. The molecule has 3 rings (SSSR count). The molecule has 0 saturated carbocycles. The van der Waals surface area contributed by atoms with Crippen molar-refractivity contribution in [2.24, 2.45) is 0 Å². The highest BCUT2D eigenvalue weighted by molar-refractivity contribution is 6.35. The van der Waals surface area contributed by atoms with Crippen molar-refractivity contribution in [3.8, 4) is 11.5 Å². The molecule has 0 aliphatic heterocycles. The SMILES string of the molecule is COc1cc(CNCc2ccc(C)cc2)cc(Cl)c1OCc1ccc(Cl)cc1Cl. The molecule has 0 aliphatic carbocycles. The molecule has 152 valence electrons. The number of halogens is 3. The minimum absolute atomic E-state index is 0.261. The monoisotopic (exact) mass is 449 g/mol. The summed E-state index contributed by atoms with van der Waals surface area (Å²) in [6.07, 6.45) is 0. The minimum Gasteiger partial charge on any atom is -0.493 e. The number of benzene rings is 3. The van der Waals surface area contributed by atoms with Crippen molar-refractivity contribution >= 4 is 34.8 Å². The number of hydrogen-bond acceptors (Lipinski definition) is 3. The minimum atomic E-state index is 0.261. The Labute approximate surface area is 186 Å². The normalized spacial score (nSPS) is 10.8. The highest BCUT2D eigenvalue weighted by atomic mass is 35.5. The first kappa shape index (κ1) is 21.8. The first-order valence-corrected chi connectivity index (χ1v) is 10.3.